The van der Waals surface area contributed by atoms with E-state index in [0.29, 0.717) is 6.04 Å². The fourth-order valence-electron chi connectivity index (χ4n) is 4.00. The second-order valence-corrected chi connectivity index (χ2v) is 6.65. The molecule has 1 fully saturated rings. The Hall–Kier alpha value is -0.820. The van der Waals surface area contributed by atoms with Gasteiger partial charge in [-0.2, -0.15) is 0 Å². The van der Waals surface area contributed by atoms with Gasteiger partial charge in [-0.1, -0.05) is 56.4 Å². The van der Waals surface area contributed by atoms with Crippen molar-refractivity contribution < 1.29 is 0 Å². The molecule has 2 rings (SSSR count). The van der Waals surface area contributed by atoms with Crippen molar-refractivity contribution in [3.05, 3.63) is 34.9 Å². The van der Waals surface area contributed by atoms with E-state index in [2.05, 4.69) is 51.3 Å². The summed E-state index contributed by atoms with van der Waals surface area (Å²) in [5, 5.41) is 3.63. The van der Waals surface area contributed by atoms with Crippen LogP contribution in [0.3, 0.4) is 0 Å². The number of nitrogens with one attached hydrogen (secondary N) is 1. The quantitative estimate of drug-likeness (QED) is 0.823. The SMILES string of the molecule is CCC1CCCCC1C(Cc1cc(C)ccc1C)NC. The molecule has 1 aliphatic carbocycles. The Bertz CT molecular complexity index is 424. The van der Waals surface area contributed by atoms with Crippen molar-refractivity contribution in [2.24, 2.45) is 11.8 Å². The molecule has 1 nitrogen and oxygen atoms in total. The first-order valence-corrected chi connectivity index (χ1v) is 8.39. The Labute approximate surface area is 125 Å². The van der Waals surface area contributed by atoms with Gasteiger partial charge >= 0.3 is 0 Å². The van der Waals surface area contributed by atoms with Crippen LogP contribution in [0.15, 0.2) is 18.2 Å². The highest BCUT2D eigenvalue weighted by molar-refractivity contribution is 5.31. The van der Waals surface area contributed by atoms with Gasteiger partial charge in [-0.15, -0.1) is 0 Å². The normalized spacial score (nSPS) is 24.6. The van der Waals surface area contributed by atoms with Crippen LogP contribution >= 0.6 is 0 Å². The number of rotatable bonds is 5. The third-order valence-electron chi connectivity index (χ3n) is 5.32. The van der Waals surface area contributed by atoms with Crippen LogP contribution in [0.2, 0.25) is 0 Å². The third kappa shape index (κ3) is 3.63. The average Bonchev–Trinajstić information content (AvgIpc) is 2.48. The van der Waals surface area contributed by atoms with E-state index in [4.69, 9.17) is 0 Å². The van der Waals surface area contributed by atoms with E-state index in [9.17, 15) is 0 Å². The van der Waals surface area contributed by atoms with Crippen LogP contribution in [0, 0.1) is 25.7 Å². The van der Waals surface area contributed by atoms with Crippen LogP contribution in [0.1, 0.15) is 55.7 Å². The van der Waals surface area contributed by atoms with E-state index >= 15 is 0 Å². The van der Waals surface area contributed by atoms with Crippen molar-refractivity contribution in [2.75, 3.05) is 7.05 Å². The van der Waals surface area contributed by atoms with Gasteiger partial charge in [0.2, 0.25) is 0 Å². The molecule has 0 saturated heterocycles. The van der Waals surface area contributed by atoms with E-state index in [1.165, 1.54) is 55.2 Å². The molecule has 1 saturated carbocycles. The Morgan fingerprint density at radius 2 is 1.95 bits per heavy atom. The summed E-state index contributed by atoms with van der Waals surface area (Å²) in [6, 6.07) is 7.52. The zero-order valence-corrected chi connectivity index (χ0v) is 13.7. The van der Waals surface area contributed by atoms with Gasteiger partial charge in [0, 0.05) is 6.04 Å². The van der Waals surface area contributed by atoms with Crippen molar-refractivity contribution in [1.82, 2.24) is 5.32 Å². The van der Waals surface area contributed by atoms with Crippen LogP contribution in [-0.4, -0.2) is 13.1 Å². The molecule has 0 amide bonds. The van der Waals surface area contributed by atoms with Crippen LogP contribution in [0.4, 0.5) is 0 Å². The van der Waals surface area contributed by atoms with Gasteiger partial charge in [0.1, 0.15) is 0 Å². The van der Waals surface area contributed by atoms with Crippen molar-refractivity contribution in [3.63, 3.8) is 0 Å². The van der Waals surface area contributed by atoms with Crippen LogP contribution in [-0.2, 0) is 6.42 Å². The molecule has 0 bridgehead atoms. The summed E-state index contributed by atoms with van der Waals surface area (Å²) in [6.45, 7) is 6.82. The maximum absolute atomic E-state index is 3.63. The van der Waals surface area contributed by atoms with Gasteiger partial charge < -0.3 is 5.32 Å². The first-order chi connectivity index (χ1) is 9.65. The average molecular weight is 273 g/mol. The largest absolute Gasteiger partial charge is 0.316 e. The smallest absolute Gasteiger partial charge is 0.0135 e. The van der Waals surface area contributed by atoms with E-state index in [1.807, 2.05) is 0 Å². The van der Waals surface area contributed by atoms with Crippen molar-refractivity contribution in [3.8, 4) is 0 Å². The monoisotopic (exact) mass is 273 g/mol. The number of hydrogen-bond acceptors (Lipinski definition) is 1. The fourth-order valence-corrected chi connectivity index (χ4v) is 4.00. The van der Waals surface area contributed by atoms with Crippen LogP contribution < -0.4 is 5.32 Å². The minimum absolute atomic E-state index is 0.640. The Kier molecular flexibility index (Phi) is 5.65. The molecule has 0 aliphatic heterocycles. The molecule has 0 aromatic heterocycles. The lowest BCUT2D eigenvalue weighted by atomic mass is 9.72. The van der Waals surface area contributed by atoms with E-state index in [1.54, 1.807) is 0 Å². The van der Waals surface area contributed by atoms with Crippen LogP contribution in [0.5, 0.6) is 0 Å². The molecule has 20 heavy (non-hydrogen) atoms. The molecule has 1 aromatic rings. The fraction of sp³-hybridized carbons (Fsp3) is 0.684. The lowest BCUT2D eigenvalue weighted by molar-refractivity contribution is 0.179. The van der Waals surface area contributed by atoms with Crippen LogP contribution in [0.25, 0.3) is 0 Å². The van der Waals surface area contributed by atoms with Crippen molar-refractivity contribution >= 4 is 0 Å². The van der Waals surface area contributed by atoms with E-state index in [0.717, 1.165) is 11.8 Å². The maximum Gasteiger partial charge on any atom is 0.0135 e. The predicted molar refractivity (Wildman–Crippen MR) is 88.2 cm³/mol. The lowest BCUT2D eigenvalue weighted by Gasteiger charge is -2.37. The molecule has 3 unspecified atom stereocenters. The summed E-state index contributed by atoms with van der Waals surface area (Å²) in [5.74, 6) is 1.78. The molecular formula is C19H31N. The third-order valence-corrected chi connectivity index (χ3v) is 5.32. The Balaban J connectivity index is 2.13. The topological polar surface area (TPSA) is 12.0 Å². The number of hydrogen-bond donors (Lipinski definition) is 1. The first kappa shape index (κ1) is 15.6. The van der Waals surface area contributed by atoms with E-state index < -0.39 is 0 Å². The molecule has 0 spiro atoms. The number of aryl methyl sites for hydroxylation is 2. The molecule has 112 valence electrons. The Morgan fingerprint density at radius 3 is 2.65 bits per heavy atom. The van der Waals surface area contributed by atoms with Gasteiger partial charge in [-0.3, -0.25) is 0 Å². The highest BCUT2D eigenvalue weighted by atomic mass is 14.9. The summed E-state index contributed by atoms with van der Waals surface area (Å²) in [6.07, 6.45) is 8.24. The molecule has 1 N–H and O–H groups in total. The molecule has 0 radical (unpaired) electrons. The van der Waals surface area contributed by atoms with Gasteiger partial charge in [-0.25, -0.2) is 0 Å². The lowest BCUT2D eigenvalue weighted by Crippen LogP contribution is -2.41. The standard InChI is InChI=1S/C19H31N/c1-5-16-8-6-7-9-18(16)19(20-4)13-17-12-14(2)10-11-15(17)3/h10-12,16,18-20H,5-9,13H2,1-4H3. The highest BCUT2D eigenvalue weighted by Gasteiger charge is 2.30. The minimum atomic E-state index is 0.640. The van der Waals surface area contributed by atoms with Gasteiger partial charge in [0.05, 0.1) is 0 Å². The van der Waals surface area contributed by atoms with Gasteiger partial charge in [0.25, 0.3) is 0 Å². The predicted octanol–water partition coefficient (Wildman–Crippen LogP) is 4.65. The highest BCUT2D eigenvalue weighted by Crippen LogP contribution is 2.35. The summed E-state index contributed by atoms with van der Waals surface area (Å²) in [7, 11) is 2.15. The zero-order chi connectivity index (χ0) is 14.5. The second-order valence-electron chi connectivity index (χ2n) is 6.65. The number of likely N-dealkylation sites (N-methyl/N-ethyl adjacent to an activating group) is 1. The van der Waals surface area contributed by atoms with Crippen molar-refractivity contribution in [1.29, 1.82) is 0 Å². The molecule has 3 atom stereocenters. The van der Waals surface area contributed by atoms with Crippen molar-refractivity contribution in [2.45, 2.75) is 65.3 Å². The Morgan fingerprint density at radius 1 is 1.20 bits per heavy atom. The second kappa shape index (κ2) is 7.26. The molecule has 1 aliphatic rings. The summed E-state index contributed by atoms with van der Waals surface area (Å²) >= 11 is 0. The summed E-state index contributed by atoms with van der Waals surface area (Å²) < 4.78 is 0. The summed E-state index contributed by atoms with van der Waals surface area (Å²) in [4.78, 5) is 0. The van der Waals surface area contributed by atoms with Gasteiger partial charge in [-0.05, 0) is 56.7 Å². The zero-order valence-electron chi connectivity index (χ0n) is 13.7. The molecule has 1 heteroatoms. The minimum Gasteiger partial charge on any atom is -0.316 e. The van der Waals surface area contributed by atoms with E-state index in [-0.39, 0.29) is 0 Å². The summed E-state index contributed by atoms with van der Waals surface area (Å²) in [5.41, 5.74) is 4.36. The number of benzene rings is 1. The molecule has 1 aromatic carbocycles. The first-order valence-electron chi connectivity index (χ1n) is 8.39. The maximum atomic E-state index is 3.63. The van der Waals surface area contributed by atoms with Gasteiger partial charge in [0.15, 0.2) is 0 Å². The molecule has 0 heterocycles. The molecular weight excluding hydrogens is 242 g/mol.